The van der Waals surface area contributed by atoms with E-state index in [9.17, 15) is 25.9 Å². The molecule has 14 heteroatoms. The molecule has 0 bridgehead atoms. The van der Waals surface area contributed by atoms with Gasteiger partial charge in [0.1, 0.15) is 11.5 Å². The van der Waals surface area contributed by atoms with Crippen molar-refractivity contribution >= 4 is 63.6 Å². The molecule has 0 unspecified atom stereocenters. The van der Waals surface area contributed by atoms with Gasteiger partial charge in [0.2, 0.25) is 0 Å². The number of benzene rings is 2. The summed E-state index contributed by atoms with van der Waals surface area (Å²) in [4.78, 5) is 0.332. The second-order valence-electron chi connectivity index (χ2n) is 6.72. The molecular weight excluding hydrogens is 528 g/mol. The van der Waals surface area contributed by atoms with Gasteiger partial charge in [-0.2, -0.15) is 16.8 Å². The van der Waals surface area contributed by atoms with Gasteiger partial charge in [-0.05, 0) is 50.2 Å². The van der Waals surface area contributed by atoms with Crippen LogP contribution in [0.2, 0.25) is 0 Å². The van der Waals surface area contributed by atoms with Gasteiger partial charge >= 0.3 is 20.8 Å². The number of fused-ring (bicyclic) bond motifs is 2. The molecule has 182 valence electrons. The van der Waals surface area contributed by atoms with Gasteiger partial charge in [-0.25, -0.2) is 0 Å². The summed E-state index contributed by atoms with van der Waals surface area (Å²) in [6.07, 6.45) is 0. The van der Waals surface area contributed by atoms with Crippen LogP contribution >= 0.6 is 22.7 Å². The van der Waals surface area contributed by atoms with Crippen molar-refractivity contribution in [3.8, 4) is 32.8 Å². The highest BCUT2D eigenvalue weighted by Gasteiger charge is 2.28. The van der Waals surface area contributed by atoms with Gasteiger partial charge < -0.3 is 17.8 Å². The molecule has 2 aromatic carbocycles. The van der Waals surface area contributed by atoms with Crippen LogP contribution in [-0.4, -0.2) is 39.2 Å². The molecule has 0 spiro atoms. The average Bonchev–Trinajstić information content (AvgIpc) is 3.24. The van der Waals surface area contributed by atoms with Crippen molar-refractivity contribution in [1.29, 1.82) is 0 Å². The monoisotopic (exact) mass is 546 g/mol. The molecule has 4 rings (SSSR count). The third kappa shape index (κ3) is 5.21. The smallest absolute Gasteiger partial charge is 0.446 e. The predicted molar refractivity (Wildman–Crippen MR) is 129 cm³/mol. The minimum Gasteiger partial charge on any atom is -0.494 e. The quantitative estimate of drug-likeness (QED) is 0.277. The highest BCUT2D eigenvalue weighted by atomic mass is 32.3. The topological polar surface area (TPSA) is 146 Å². The first-order valence-electron chi connectivity index (χ1n) is 9.72. The van der Waals surface area contributed by atoms with E-state index in [4.69, 9.17) is 17.8 Å². The van der Waals surface area contributed by atoms with E-state index < -0.39 is 20.8 Å². The van der Waals surface area contributed by atoms with Crippen LogP contribution < -0.4 is 17.8 Å². The fourth-order valence-electron chi connectivity index (χ4n) is 3.29. The molecule has 0 aliphatic rings. The largest absolute Gasteiger partial charge is 0.494 e. The second-order valence-corrected chi connectivity index (χ2v) is 10.9. The first-order chi connectivity index (χ1) is 16.0. The summed E-state index contributed by atoms with van der Waals surface area (Å²) in [6, 6.07) is 9.65. The van der Waals surface area contributed by atoms with E-state index in [0.717, 1.165) is 22.7 Å². The first-order valence-corrected chi connectivity index (χ1v) is 14.1. The van der Waals surface area contributed by atoms with E-state index in [2.05, 4.69) is 0 Å². The van der Waals surface area contributed by atoms with E-state index in [1.165, 1.54) is 0 Å². The van der Waals surface area contributed by atoms with Gasteiger partial charge in [0.05, 0.1) is 23.0 Å². The molecule has 0 amide bonds. The highest BCUT2D eigenvalue weighted by molar-refractivity contribution is 7.81. The maximum absolute atomic E-state index is 11.6. The van der Waals surface area contributed by atoms with Crippen molar-refractivity contribution in [3.05, 3.63) is 36.4 Å². The zero-order chi connectivity index (χ0) is 24.7. The standard InChI is InChI=1S/C20H18O10S4/c1-3-27-11-5-7-13-15(9-11)31-19(17(13)29-33(21,22)23)20-18(30-34(24,25)26)14-8-6-12(28-4-2)10-16(14)32-20/h5-10H,3-4H2,1-2H3,(H,21,22,23)(H,24,25,26). The minimum absolute atomic E-state index is 0.166. The van der Waals surface area contributed by atoms with Crippen LogP contribution in [0.1, 0.15) is 13.8 Å². The van der Waals surface area contributed by atoms with Gasteiger partial charge in [0.15, 0.2) is 11.5 Å². The molecule has 34 heavy (non-hydrogen) atoms. The summed E-state index contributed by atoms with van der Waals surface area (Å²) >= 11 is 2.14. The van der Waals surface area contributed by atoms with Crippen LogP contribution in [0.5, 0.6) is 23.0 Å². The number of rotatable bonds is 9. The Kier molecular flexibility index (Phi) is 6.63. The van der Waals surface area contributed by atoms with Crippen LogP contribution in [0.3, 0.4) is 0 Å². The Morgan fingerprint density at radius 1 is 0.706 bits per heavy atom. The molecule has 0 saturated carbocycles. The molecule has 2 aromatic heterocycles. The second kappa shape index (κ2) is 9.20. The molecule has 0 saturated heterocycles. The van der Waals surface area contributed by atoms with Crippen molar-refractivity contribution in [2.24, 2.45) is 0 Å². The normalized spacial score (nSPS) is 12.2. The molecular formula is C20H18O10S4. The van der Waals surface area contributed by atoms with Gasteiger partial charge in [-0.1, -0.05) is 0 Å². The van der Waals surface area contributed by atoms with Crippen molar-refractivity contribution in [2.75, 3.05) is 13.2 Å². The summed E-state index contributed by atoms with van der Waals surface area (Å²) in [7, 11) is -9.86. The van der Waals surface area contributed by atoms with Gasteiger partial charge in [0, 0.05) is 20.2 Å². The van der Waals surface area contributed by atoms with Gasteiger partial charge in [0.25, 0.3) is 0 Å². The number of ether oxygens (including phenoxy) is 2. The SMILES string of the molecule is CCOc1ccc2c(OS(=O)(=O)O)c(-c3sc4cc(OCC)ccc4c3OS(=O)(=O)O)sc2c1. The molecule has 4 aromatic rings. The Bertz CT molecular complexity index is 1460. The van der Waals surface area contributed by atoms with Crippen LogP contribution in [0, 0.1) is 0 Å². The Morgan fingerprint density at radius 3 is 1.41 bits per heavy atom. The summed E-state index contributed by atoms with van der Waals surface area (Å²) in [6.45, 7) is 4.43. The van der Waals surface area contributed by atoms with Crippen molar-refractivity contribution < 1.29 is 43.8 Å². The van der Waals surface area contributed by atoms with Crippen LogP contribution in [0.15, 0.2) is 36.4 Å². The third-order valence-electron chi connectivity index (χ3n) is 4.44. The maximum atomic E-state index is 11.6. The molecule has 2 N–H and O–H groups in total. The number of hydrogen-bond acceptors (Lipinski definition) is 10. The Morgan fingerprint density at radius 2 is 1.09 bits per heavy atom. The van der Waals surface area contributed by atoms with Crippen molar-refractivity contribution in [2.45, 2.75) is 13.8 Å². The van der Waals surface area contributed by atoms with Gasteiger partial charge in [-0.15, -0.1) is 22.7 Å². The minimum atomic E-state index is -4.93. The maximum Gasteiger partial charge on any atom is 0.446 e. The Hall–Kier alpha value is -2.62. The lowest BCUT2D eigenvalue weighted by atomic mass is 10.2. The molecule has 0 fully saturated rings. The van der Waals surface area contributed by atoms with Crippen molar-refractivity contribution in [3.63, 3.8) is 0 Å². The molecule has 0 aliphatic carbocycles. The third-order valence-corrected chi connectivity index (χ3v) is 7.62. The van der Waals surface area contributed by atoms with E-state index in [1.54, 1.807) is 36.4 Å². The molecule has 0 radical (unpaired) electrons. The predicted octanol–water partition coefficient (Wildman–Crippen LogP) is 4.94. The zero-order valence-electron chi connectivity index (χ0n) is 17.7. The summed E-state index contributed by atoms with van der Waals surface area (Å²) in [5.41, 5.74) is 0. The zero-order valence-corrected chi connectivity index (χ0v) is 20.9. The van der Waals surface area contributed by atoms with Crippen LogP contribution in [-0.2, 0) is 20.8 Å². The van der Waals surface area contributed by atoms with E-state index >= 15 is 0 Å². The fourth-order valence-corrected chi connectivity index (χ4v) is 6.61. The lowest BCUT2D eigenvalue weighted by molar-refractivity contribution is 0.340. The average molecular weight is 547 g/mol. The lowest BCUT2D eigenvalue weighted by Gasteiger charge is -2.06. The molecule has 2 heterocycles. The van der Waals surface area contributed by atoms with E-state index in [0.29, 0.717) is 44.9 Å². The summed E-state index contributed by atoms with van der Waals surface area (Å²) < 4.78 is 87.2. The first kappa shape index (κ1) is 24.5. The van der Waals surface area contributed by atoms with Gasteiger partial charge in [-0.3, -0.25) is 9.11 Å². The Balaban J connectivity index is 2.02. The number of hydrogen-bond donors (Lipinski definition) is 2. The Labute approximate surface area is 203 Å². The lowest BCUT2D eigenvalue weighted by Crippen LogP contribution is -2.08. The molecule has 10 nitrogen and oxygen atoms in total. The summed E-state index contributed by atoms with van der Waals surface area (Å²) in [5.74, 6) is 0.603. The van der Waals surface area contributed by atoms with Crippen molar-refractivity contribution in [1.82, 2.24) is 0 Å². The van der Waals surface area contributed by atoms with E-state index in [1.807, 2.05) is 13.8 Å². The van der Waals surface area contributed by atoms with E-state index in [-0.39, 0.29) is 21.3 Å². The number of thiophene rings is 2. The molecule has 0 aliphatic heterocycles. The molecule has 0 atom stereocenters. The highest BCUT2D eigenvalue weighted by Crippen LogP contribution is 2.54. The van der Waals surface area contributed by atoms with Crippen LogP contribution in [0.25, 0.3) is 29.9 Å². The summed E-state index contributed by atoms with van der Waals surface area (Å²) in [5, 5.41) is 0.678. The van der Waals surface area contributed by atoms with Crippen LogP contribution in [0.4, 0.5) is 0 Å². The fraction of sp³-hybridized carbons (Fsp3) is 0.200.